The smallest absolute Gasteiger partial charge is 0.338 e. The van der Waals surface area contributed by atoms with E-state index in [9.17, 15) is 9.18 Å². The maximum atomic E-state index is 13.3. The zero-order chi connectivity index (χ0) is 15.4. The normalized spacial score (nSPS) is 10.4. The molecule has 6 heteroatoms. The van der Waals surface area contributed by atoms with Gasteiger partial charge in [0, 0.05) is 21.2 Å². The van der Waals surface area contributed by atoms with Crippen LogP contribution in [0.4, 0.5) is 4.39 Å². The lowest BCUT2D eigenvalue weighted by atomic mass is 10.2. The van der Waals surface area contributed by atoms with E-state index >= 15 is 0 Å². The van der Waals surface area contributed by atoms with Gasteiger partial charge in [-0.3, -0.25) is 0 Å². The Morgan fingerprint density at radius 2 is 2.10 bits per heavy atom. The molecule has 2 aromatic rings. The molecule has 0 bridgehead atoms. The number of aromatic carboxylic acids is 1. The standard InChI is InChI=1S/C15H12ClFO3S/c1-20-14-5-2-10(16)6-9(14)8-21-11-3-4-13(17)12(7-11)15(18)19/h2-7H,8H2,1H3,(H,18,19). The topological polar surface area (TPSA) is 46.5 Å². The van der Waals surface area contributed by atoms with Crippen LogP contribution in [0.5, 0.6) is 5.75 Å². The van der Waals surface area contributed by atoms with Gasteiger partial charge in [0.05, 0.1) is 12.7 Å². The quantitative estimate of drug-likeness (QED) is 0.823. The lowest BCUT2D eigenvalue weighted by Gasteiger charge is -2.09. The molecule has 0 saturated carbocycles. The summed E-state index contributed by atoms with van der Waals surface area (Å²) in [5.74, 6) is -0.788. The molecule has 21 heavy (non-hydrogen) atoms. The summed E-state index contributed by atoms with van der Waals surface area (Å²) in [7, 11) is 1.57. The van der Waals surface area contributed by atoms with Crippen LogP contribution in [0.15, 0.2) is 41.3 Å². The van der Waals surface area contributed by atoms with Crippen molar-refractivity contribution in [2.45, 2.75) is 10.6 Å². The van der Waals surface area contributed by atoms with E-state index < -0.39 is 11.8 Å². The van der Waals surface area contributed by atoms with E-state index in [2.05, 4.69) is 0 Å². The fourth-order valence-corrected chi connectivity index (χ4v) is 2.89. The first-order chi connectivity index (χ1) is 10.0. The van der Waals surface area contributed by atoms with Crippen molar-refractivity contribution >= 4 is 29.3 Å². The minimum Gasteiger partial charge on any atom is -0.496 e. The summed E-state index contributed by atoms with van der Waals surface area (Å²) in [5, 5.41) is 9.50. The molecule has 0 radical (unpaired) electrons. The Labute approximate surface area is 130 Å². The second-order valence-electron chi connectivity index (χ2n) is 4.19. The number of hydrogen-bond acceptors (Lipinski definition) is 3. The van der Waals surface area contributed by atoms with Gasteiger partial charge in [-0.2, -0.15) is 0 Å². The maximum absolute atomic E-state index is 13.3. The molecule has 0 aromatic heterocycles. The van der Waals surface area contributed by atoms with Crippen LogP contribution in [0.25, 0.3) is 0 Å². The predicted octanol–water partition coefficient (Wildman–Crippen LogP) is 4.48. The van der Waals surface area contributed by atoms with Crippen LogP contribution in [0.1, 0.15) is 15.9 Å². The first-order valence-electron chi connectivity index (χ1n) is 5.99. The molecule has 0 amide bonds. The number of carboxylic acid groups (broad SMARTS) is 1. The molecular formula is C15H12ClFO3S. The van der Waals surface area contributed by atoms with E-state index in [4.69, 9.17) is 21.4 Å². The van der Waals surface area contributed by atoms with Crippen LogP contribution in [0.2, 0.25) is 5.02 Å². The first kappa shape index (κ1) is 15.7. The Bertz CT molecular complexity index is 676. The Hall–Kier alpha value is -1.72. The second kappa shape index (κ2) is 6.83. The van der Waals surface area contributed by atoms with Gasteiger partial charge in [-0.25, -0.2) is 9.18 Å². The Morgan fingerprint density at radius 1 is 1.33 bits per heavy atom. The predicted molar refractivity (Wildman–Crippen MR) is 80.9 cm³/mol. The number of carbonyl (C=O) groups is 1. The summed E-state index contributed by atoms with van der Waals surface area (Å²) in [6, 6.07) is 9.30. The highest BCUT2D eigenvalue weighted by Gasteiger charge is 2.12. The molecule has 0 atom stereocenters. The molecule has 3 nitrogen and oxygen atoms in total. The minimum absolute atomic E-state index is 0.335. The molecule has 110 valence electrons. The number of halogens is 2. The van der Waals surface area contributed by atoms with Crippen molar-refractivity contribution in [2.24, 2.45) is 0 Å². The van der Waals surface area contributed by atoms with Crippen LogP contribution < -0.4 is 4.74 Å². The average Bonchev–Trinajstić information content (AvgIpc) is 2.46. The summed E-state index contributed by atoms with van der Waals surface area (Å²) < 4.78 is 18.6. The largest absolute Gasteiger partial charge is 0.496 e. The van der Waals surface area contributed by atoms with Crippen LogP contribution in [0, 0.1) is 5.82 Å². The zero-order valence-corrected chi connectivity index (χ0v) is 12.7. The van der Waals surface area contributed by atoms with Crippen LogP contribution >= 0.6 is 23.4 Å². The highest BCUT2D eigenvalue weighted by atomic mass is 35.5. The molecule has 0 aliphatic carbocycles. The van der Waals surface area contributed by atoms with E-state index in [0.29, 0.717) is 21.4 Å². The summed E-state index contributed by atoms with van der Waals surface area (Å²) in [6.07, 6.45) is 0. The molecule has 0 unspecified atom stereocenters. The summed E-state index contributed by atoms with van der Waals surface area (Å²) in [6.45, 7) is 0. The lowest BCUT2D eigenvalue weighted by molar-refractivity contribution is 0.0691. The van der Waals surface area contributed by atoms with Crippen molar-refractivity contribution in [2.75, 3.05) is 7.11 Å². The Balaban J connectivity index is 2.19. The molecule has 0 saturated heterocycles. The minimum atomic E-state index is -1.28. The number of benzene rings is 2. The first-order valence-corrected chi connectivity index (χ1v) is 7.35. The van der Waals surface area contributed by atoms with Crippen LogP contribution in [0.3, 0.4) is 0 Å². The molecule has 0 spiro atoms. The lowest BCUT2D eigenvalue weighted by Crippen LogP contribution is -2.00. The van der Waals surface area contributed by atoms with Crippen LogP contribution in [-0.4, -0.2) is 18.2 Å². The molecule has 0 fully saturated rings. The van der Waals surface area contributed by atoms with E-state index in [1.165, 1.54) is 17.8 Å². The van der Waals surface area contributed by atoms with Gasteiger partial charge in [0.15, 0.2) is 0 Å². The van der Waals surface area contributed by atoms with Gasteiger partial charge >= 0.3 is 5.97 Å². The van der Waals surface area contributed by atoms with Crippen molar-refractivity contribution < 1.29 is 19.0 Å². The molecular weight excluding hydrogens is 315 g/mol. The SMILES string of the molecule is COc1ccc(Cl)cc1CSc1ccc(F)c(C(=O)O)c1. The summed E-state index contributed by atoms with van der Waals surface area (Å²) in [5.41, 5.74) is 0.550. The molecule has 0 aliphatic heterocycles. The highest BCUT2D eigenvalue weighted by Crippen LogP contribution is 2.30. The highest BCUT2D eigenvalue weighted by molar-refractivity contribution is 7.98. The zero-order valence-electron chi connectivity index (χ0n) is 11.1. The Morgan fingerprint density at radius 3 is 2.76 bits per heavy atom. The Kier molecular flexibility index (Phi) is 5.09. The number of methoxy groups -OCH3 is 1. The molecule has 0 heterocycles. The van der Waals surface area contributed by atoms with E-state index in [1.54, 1.807) is 31.4 Å². The van der Waals surface area contributed by atoms with Gasteiger partial charge in [0.2, 0.25) is 0 Å². The number of ether oxygens (including phenoxy) is 1. The van der Waals surface area contributed by atoms with E-state index in [0.717, 1.165) is 11.6 Å². The third-order valence-electron chi connectivity index (χ3n) is 2.81. The number of thioether (sulfide) groups is 1. The second-order valence-corrected chi connectivity index (χ2v) is 5.68. The van der Waals surface area contributed by atoms with Gasteiger partial charge in [-0.15, -0.1) is 11.8 Å². The van der Waals surface area contributed by atoms with E-state index in [1.807, 2.05) is 0 Å². The van der Waals surface area contributed by atoms with Gasteiger partial charge < -0.3 is 9.84 Å². The van der Waals surface area contributed by atoms with Crippen molar-refractivity contribution in [1.82, 2.24) is 0 Å². The number of carboxylic acids is 1. The molecule has 1 N–H and O–H groups in total. The molecule has 2 rings (SSSR count). The van der Waals surface area contributed by atoms with Crippen molar-refractivity contribution in [3.63, 3.8) is 0 Å². The summed E-state index contributed by atoms with van der Waals surface area (Å²) >= 11 is 7.33. The van der Waals surface area contributed by atoms with Gasteiger partial charge in [0.25, 0.3) is 0 Å². The van der Waals surface area contributed by atoms with Gasteiger partial charge in [-0.1, -0.05) is 11.6 Å². The number of hydrogen-bond donors (Lipinski definition) is 1. The van der Waals surface area contributed by atoms with Gasteiger partial charge in [0.1, 0.15) is 11.6 Å². The summed E-state index contributed by atoms with van der Waals surface area (Å²) in [4.78, 5) is 11.6. The van der Waals surface area contributed by atoms with Crippen LogP contribution in [-0.2, 0) is 5.75 Å². The van der Waals surface area contributed by atoms with E-state index in [-0.39, 0.29) is 5.56 Å². The van der Waals surface area contributed by atoms with Crippen molar-refractivity contribution in [1.29, 1.82) is 0 Å². The maximum Gasteiger partial charge on any atom is 0.338 e. The third-order valence-corrected chi connectivity index (χ3v) is 4.08. The molecule has 0 aliphatic rings. The fourth-order valence-electron chi connectivity index (χ4n) is 1.78. The van der Waals surface area contributed by atoms with Crippen molar-refractivity contribution in [3.05, 3.63) is 58.4 Å². The third kappa shape index (κ3) is 3.89. The fraction of sp³-hybridized carbons (Fsp3) is 0.133. The van der Waals surface area contributed by atoms with Gasteiger partial charge in [-0.05, 0) is 36.4 Å². The van der Waals surface area contributed by atoms with Crippen molar-refractivity contribution in [3.8, 4) is 5.75 Å². The average molecular weight is 327 g/mol. The number of rotatable bonds is 5. The molecule has 2 aromatic carbocycles. The monoisotopic (exact) mass is 326 g/mol.